The molecule has 2 heterocycles. The third-order valence-electron chi connectivity index (χ3n) is 6.32. The SMILES string of the molecule is COc1cc([C@@H]2c3c(-c4ccccc4O)n[nH]c3C(=O)N2CCCO)ccc1OCc1ccccc1. The lowest BCUT2D eigenvalue weighted by molar-refractivity contribution is 0.0732. The molecule has 8 nitrogen and oxygen atoms in total. The standard InChI is InChI=1S/C28H27N3O5/c1-35-23-16-19(12-13-22(23)36-17-18-8-3-2-4-9-18)27-24-25(20-10-5-6-11-21(20)33)29-30-26(24)28(34)31(27)14-7-15-32/h2-6,8-13,16,27,32-33H,7,14-15,17H2,1H3,(H,29,30)/t27-/m1/s1. The predicted molar refractivity (Wildman–Crippen MR) is 134 cm³/mol. The Hall–Kier alpha value is -4.30. The number of ether oxygens (including phenoxy) is 2. The molecule has 4 aromatic rings. The number of phenolic OH excluding ortho intramolecular Hbond substituents is 1. The van der Waals surface area contributed by atoms with Crippen LogP contribution in [0.4, 0.5) is 0 Å². The van der Waals surface area contributed by atoms with Crippen LogP contribution in [-0.4, -0.2) is 51.5 Å². The number of nitrogens with one attached hydrogen (secondary N) is 1. The van der Waals surface area contributed by atoms with E-state index in [1.807, 2.05) is 54.6 Å². The molecule has 0 saturated carbocycles. The maximum absolute atomic E-state index is 13.4. The number of H-pyrrole nitrogens is 1. The first-order valence-corrected chi connectivity index (χ1v) is 11.8. The normalized spacial score (nSPS) is 14.7. The van der Waals surface area contributed by atoms with Crippen LogP contribution in [0.25, 0.3) is 11.3 Å². The second-order valence-electron chi connectivity index (χ2n) is 8.54. The number of aromatic amines is 1. The van der Waals surface area contributed by atoms with Gasteiger partial charge in [-0.25, -0.2) is 0 Å². The molecule has 1 aliphatic heterocycles. The summed E-state index contributed by atoms with van der Waals surface area (Å²) in [7, 11) is 1.58. The quantitative estimate of drug-likeness (QED) is 0.326. The summed E-state index contributed by atoms with van der Waals surface area (Å²) in [5.74, 6) is 0.999. The molecule has 1 aliphatic rings. The van der Waals surface area contributed by atoms with Gasteiger partial charge in [-0.2, -0.15) is 5.10 Å². The highest BCUT2D eigenvalue weighted by Crippen LogP contribution is 2.45. The number of nitrogens with zero attached hydrogens (tertiary/aromatic N) is 2. The first kappa shape index (κ1) is 23.4. The van der Waals surface area contributed by atoms with Gasteiger partial charge in [0, 0.05) is 24.3 Å². The molecular weight excluding hydrogens is 458 g/mol. The number of carbonyl (C=O) groups excluding carboxylic acids is 1. The van der Waals surface area contributed by atoms with Gasteiger partial charge in [-0.3, -0.25) is 9.89 Å². The zero-order valence-electron chi connectivity index (χ0n) is 19.8. The van der Waals surface area contributed by atoms with E-state index in [1.54, 1.807) is 30.2 Å². The average Bonchev–Trinajstić information content (AvgIpc) is 3.45. The second-order valence-corrected chi connectivity index (χ2v) is 8.54. The van der Waals surface area contributed by atoms with Crippen LogP contribution < -0.4 is 9.47 Å². The van der Waals surface area contributed by atoms with Crippen LogP contribution in [0.2, 0.25) is 0 Å². The first-order chi connectivity index (χ1) is 17.6. The number of aromatic nitrogens is 2. The van der Waals surface area contributed by atoms with Crippen LogP contribution >= 0.6 is 0 Å². The summed E-state index contributed by atoms with van der Waals surface area (Å²) in [6, 6.07) is 21.9. The zero-order chi connectivity index (χ0) is 25.1. The summed E-state index contributed by atoms with van der Waals surface area (Å²) in [6.07, 6.45) is 0.432. The van der Waals surface area contributed by atoms with Crippen molar-refractivity contribution in [3.8, 4) is 28.5 Å². The number of amides is 1. The molecule has 0 unspecified atom stereocenters. The number of rotatable bonds is 9. The van der Waals surface area contributed by atoms with Crippen LogP contribution in [0.15, 0.2) is 72.8 Å². The summed E-state index contributed by atoms with van der Waals surface area (Å²) in [4.78, 5) is 15.1. The van der Waals surface area contributed by atoms with Crippen molar-refractivity contribution in [2.75, 3.05) is 20.3 Å². The maximum atomic E-state index is 13.4. The minimum absolute atomic E-state index is 0.0371. The van der Waals surface area contributed by atoms with E-state index in [4.69, 9.17) is 9.47 Å². The van der Waals surface area contributed by atoms with Gasteiger partial charge in [0.05, 0.1) is 13.2 Å². The minimum atomic E-state index is -0.482. The van der Waals surface area contributed by atoms with E-state index in [0.29, 0.717) is 53.6 Å². The van der Waals surface area contributed by atoms with Crippen molar-refractivity contribution in [3.05, 3.63) is 95.2 Å². The maximum Gasteiger partial charge on any atom is 0.273 e. The monoisotopic (exact) mass is 485 g/mol. The van der Waals surface area contributed by atoms with Crippen molar-refractivity contribution in [3.63, 3.8) is 0 Å². The first-order valence-electron chi connectivity index (χ1n) is 11.8. The number of hydrogen-bond donors (Lipinski definition) is 3. The Morgan fingerprint density at radius 2 is 1.81 bits per heavy atom. The van der Waals surface area contributed by atoms with Crippen molar-refractivity contribution < 1.29 is 24.5 Å². The Kier molecular flexibility index (Phi) is 6.60. The fourth-order valence-electron chi connectivity index (χ4n) is 4.60. The van der Waals surface area contributed by atoms with Gasteiger partial charge in [-0.15, -0.1) is 0 Å². The van der Waals surface area contributed by atoms with Crippen LogP contribution in [-0.2, 0) is 6.61 Å². The van der Waals surface area contributed by atoms with Gasteiger partial charge in [0.1, 0.15) is 23.7 Å². The van der Waals surface area contributed by atoms with Crippen molar-refractivity contribution in [2.24, 2.45) is 0 Å². The van der Waals surface area contributed by atoms with Crippen LogP contribution in [0.3, 0.4) is 0 Å². The van der Waals surface area contributed by atoms with E-state index in [0.717, 1.165) is 11.1 Å². The van der Waals surface area contributed by atoms with E-state index in [-0.39, 0.29) is 18.3 Å². The topological polar surface area (TPSA) is 108 Å². The van der Waals surface area contributed by atoms with E-state index < -0.39 is 6.04 Å². The summed E-state index contributed by atoms with van der Waals surface area (Å²) in [5, 5.41) is 27.2. The van der Waals surface area contributed by atoms with Crippen LogP contribution in [0.1, 0.15) is 39.6 Å². The molecule has 8 heteroatoms. The van der Waals surface area contributed by atoms with E-state index in [2.05, 4.69) is 10.2 Å². The van der Waals surface area contributed by atoms with E-state index in [9.17, 15) is 15.0 Å². The number of benzene rings is 3. The molecule has 0 fully saturated rings. The number of methoxy groups -OCH3 is 1. The number of phenols is 1. The van der Waals surface area contributed by atoms with Gasteiger partial charge in [-0.1, -0.05) is 48.5 Å². The second kappa shape index (κ2) is 10.1. The number of hydrogen-bond acceptors (Lipinski definition) is 6. The lowest BCUT2D eigenvalue weighted by Gasteiger charge is -2.27. The van der Waals surface area contributed by atoms with Gasteiger partial charge >= 0.3 is 0 Å². The lowest BCUT2D eigenvalue weighted by atomic mass is 9.95. The molecule has 0 aliphatic carbocycles. The molecule has 36 heavy (non-hydrogen) atoms. The summed E-state index contributed by atoms with van der Waals surface area (Å²) in [6.45, 7) is 0.715. The molecule has 1 atom stereocenters. The fraction of sp³-hybridized carbons (Fsp3) is 0.214. The summed E-state index contributed by atoms with van der Waals surface area (Å²) in [5.41, 5.74) is 3.94. The van der Waals surface area contributed by atoms with Crippen molar-refractivity contribution in [1.29, 1.82) is 0 Å². The van der Waals surface area contributed by atoms with Crippen molar-refractivity contribution >= 4 is 5.91 Å². The molecule has 1 aromatic heterocycles. The number of para-hydroxylation sites is 1. The Labute approximate surface area is 208 Å². The Balaban J connectivity index is 1.55. The molecule has 1 amide bonds. The highest BCUT2D eigenvalue weighted by molar-refractivity contribution is 6.00. The van der Waals surface area contributed by atoms with E-state index in [1.165, 1.54) is 0 Å². The van der Waals surface area contributed by atoms with Gasteiger partial charge in [0.2, 0.25) is 0 Å². The molecule has 3 N–H and O–H groups in total. The van der Waals surface area contributed by atoms with Crippen molar-refractivity contribution in [1.82, 2.24) is 15.1 Å². The van der Waals surface area contributed by atoms with Crippen LogP contribution in [0, 0.1) is 0 Å². The Morgan fingerprint density at radius 3 is 2.56 bits per heavy atom. The highest BCUT2D eigenvalue weighted by Gasteiger charge is 2.42. The number of aromatic hydroxyl groups is 1. The Bertz CT molecular complexity index is 1370. The zero-order valence-corrected chi connectivity index (χ0v) is 19.8. The summed E-state index contributed by atoms with van der Waals surface area (Å²) >= 11 is 0. The van der Waals surface area contributed by atoms with Gasteiger partial charge in [0.25, 0.3) is 5.91 Å². The molecule has 0 spiro atoms. The third-order valence-corrected chi connectivity index (χ3v) is 6.32. The lowest BCUT2D eigenvalue weighted by Crippen LogP contribution is -2.31. The predicted octanol–water partition coefficient (Wildman–Crippen LogP) is 4.30. The average molecular weight is 486 g/mol. The molecule has 5 rings (SSSR count). The highest BCUT2D eigenvalue weighted by atomic mass is 16.5. The largest absolute Gasteiger partial charge is 0.507 e. The molecule has 184 valence electrons. The molecule has 0 radical (unpaired) electrons. The molecule has 0 saturated heterocycles. The van der Waals surface area contributed by atoms with Crippen LogP contribution in [0.5, 0.6) is 17.2 Å². The van der Waals surface area contributed by atoms with Crippen molar-refractivity contribution in [2.45, 2.75) is 19.1 Å². The fourth-order valence-corrected chi connectivity index (χ4v) is 4.60. The number of aliphatic hydroxyl groups excluding tert-OH is 1. The van der Waals surface area contributed by atoms with Gasteiger partial charge in [0.15, 0.2) is 11.5 Å². The Morgan fingerprint density at radius 1 is 1.03 bits per heavy atom. The minimum Gasteiger partial charge on any atom is -0.507 e. The summed E-state index contributed by atoms with van der Waals surface area (Å²) < 4.78 is 11.7. The number of carbonyl (C=O) groups is 1. The van der Waals surface area contributed by atoms with Gasteiger partial charge < -0.3 is 24.6 Å². The number of aliphatic hydroxyl groups is 1. The van der Waals surface area contributed by atoms with E-state index >= 15 is 0 Å². The molecule has 0 bridgehead atoms. The number of fused-ring (bicyclic) bond motifs is 1. The third kappa shape index (κ3) is 4.27. The smallest absolute Gasteiger partial charge is 0.273 e. The molecular formula is C28H27N3O5. The van der Waals surface area contributed by atoms with Gasteiger partial charge in [-0.05, 0) is 41.8 Å². The molecule has 3 aromatic carbocycles.